The lowest BCUT2D eigenvalue weighted by atomic mass is 9.92. The number of thiophene rings is 1. The lowest BCUT2D eigenvalue weighted by Gasteiger charge is -2.13. The molecule has 0 saturated heterocycles. The van der Waals surface area contributed by atoms with Gasteiger partial charge in [0.2, 0.25) is 0 Å². The molecule has 3 heterocycles. The van der Waals surface area contributed by atoms with Crippen LogP contribution in [0.1, 0.15) is 36.1 Å². The first kappa shape index (κ1) is 14.7. The Balaban J connectivity index is 1.86. The van der Waals surface area contributed by atoms with Gasteiger partial charge in [0.15, 0.2) is 0 Å². The lowest BCUT2D eigenvalue weighted by molar-refractivity contribution is 0.102. The normalized spacial score (nSPS) is 11.8. The standard InChI is InChI=1S/C16H18N4OS/c1-16(2,3)12-9-13(20(4)19-12)18-14(21)11-8-10-6-5-7-17-15(10)22-11/h5-9H,1-4H3,(H,18,21). The van der Waals surface area contributed by atoms with Gasteiger partial charge in [0.05, 0.1) is 10.6 Å². The molecule has 6 heteroatoms. The van der Waals surface area contributed by atoms with Gasteiger partial charge >= 0.3 is 0 Å². The molecule has 5 nitrogen and oxygen atoms in total. The lowest BCUT2D eigenvalue weighted by Crippen LogP contribution is -2.13. The molecular weight excluding hydrogens is 296 g/mol. The summed E-state index contributed by atoms with van der Waals surface area (Å²) in [5.41, 5.74) is 0.894. The topological polar surface area (TPSA) is 59.8 Å². The molecule has 0 saturated carbocycles. The van der Waals surface area contributed by atoms with Crippen molar-refractivity contribution in [1.29, 1.82) is 0 Å². The van der Waals surface area contributed by atoms with E-state index in [9.17, 15) is 4.79 Å². The monoisotopic (exact) mass is 314 g/mol. The number of rotatable bonds is 2. The summed E-state index contributed by atoms with van der Waals surface area (Å²) in [6.45, 7) is 6.29. The summed E-state index contributed by atoms with van der Waals surface area (Å²) in [5.74, 6) is 0.562. The molecule has 0 atom stereocenters. The van der Waals surface area contributed by atoms with E-state index in [-0.39, 0.29) is 11.3 Å². The molecule has 0 aliphatic heterocycles. The third-order valence-electron chi connectivity index (χ3n) is 3.41. The average Bonchev–Trinajstić information content (AvgIpc) is 3.02. The molecule has 1 N–H and O–H groups in total. The molecule has 3 rings (SSSR count). The fourth-order valence-electron chi connectivity index (χ4n) is 2.11. The Morgan fingerprint density at radius 3 is 2.73 bits per heavy atom. The van der Waals surface area contributed by atoms with Crippen LogP contribution >= 0.6 is 11.3 Å². The van der Waals surface area contributed by atoms with E-state index >= 15 is 0 Å². The van der Waals surface area contributed by atoms with Crippen LogP contribution in [0.3, 0.4) is 0 Å². The average molecular weight is 314 g/mol. The highest BCUT2D eigenvalue weighted by Crippen LogP contribution is 2.26. The zero-order chi connectivity index (χ0) is 15.9. The van der Waals surface area contributed by atoms with E-state index in [2.05, 4.69) is 36.2 Å². The van der Waals surface area contributed by atoms with Gasteiger partial charge in [0.25, 0.3) is 5.91 Å². The molecular formula is C16H18N4OS. The van der Waals surface area contributed by atoms with Gasteiger partial charge in [0, 0.05) is 30.1 Å². The maximum atomic E-state index is 12.4. The van der Waals surface area contributed by atoms with Gasteiger partial charge in [-0.15, -0.1) is 11.3 Å². The third kappa shape index (κ3) is 2.74. The minimum atomic E-state index is -0.133. The van der Waals surface area contributed by atoms with Crippen molar-refractivity contribution >= 4 is 33.3 Å². The summed E-state index contributed by atoms with van der Waals surface area (Å²) < 4.78 is 1.70. The van der Waals surface area contributed by atoms with Crippen LogP contribution in [0.25, 0.3) is 10.2 Å². The van der Waals surface area contributed by atoms with Gasteiger partial charge in [-0.1, -0.05) is 26.8 Å². The van der Waals surface area contributed by atoms with E-state index in [0.29, 0.717) is 10.7 Å². The molecule has 0 radical (unpaired) electrons. The highest BCUT2D eigenvalue weighted by molar-refractivity contribution is 7.20. The summed E-state index contributed by atoms with van der Waals surface area (Å²) in [6, 6.07) is 7.61. The molecule has 1 amide bonds. The molecule has 0 spiro atoms. The van der Waals surface area contributed by atoms with E-state index in [1.807, 2.05) is 31.3 Å². The Kier molecular flexibility index (Phi) is 3.48. The molecule has 0 unspecified atom stereocenters. The van der Waals surface area contributed by atoms with Crippen LogP contribution in [0.5, 0.6) is 0 Å². The molecule has 114 valence electrons. The molecule has 0 fully saturated rings. The van der Waals surface area contributed by atoms with Crippen LogP contribution in [0.2, 0.25) is 0 Å². The Labute approximate surface area is 133 Å². The molecule has 22 heavy (non-hydrogen) atoms. The van der Waals surface area contributed by atoms with Gasteiger partial charge in [-0.05, 0) is 12.1 Å². The number of anilines is 1. The van der Waals surface area contributed by atoms with Crippen LogP contribution in [-0.4, -0.2) is 20.7 Å². The first-order chi connectivity index (χ1) is 10.3. The van der Waals surface area contributed by atoms with Crippen molar-refractivity contribution in [3.63, 3.8) is 0 Å². The van der Waals surface area contributed by atoms with Crippen LogP contribution < -0.4 is 5.32 Å². The number of nitrogens with one attached hydrogen (secondary N) is 1. The van der Waals surface area contributed by atoms with E-state index in [4.69, 9.17) is 0 Å². The molecule has 3 aromatic rings. The maximum Gasteiger partial charge on any atom is 0.266 e. The smallest absolute Gasteiger partial charge is 0.266 e. The van der Waals surface area contributed by atoms with Crippen molar-refractivity contribution in [2.24, 2.45) is 7.05 Å². The van der Waals surface area contributed by atoms with Gasteiger partial charge in [-0.2, -0.15) is 5.10 Å². The SMILES string of the molecule is Cn1nc(C(C)(C)C)cc1NC(=O)c1cc2cccnc2s1. The van der Waals surface area contributed by atoms with Crippen molar-refractivity contribution in [2.75, 3.05) is 5.32 Å². The molecule has 3 aromatic heterocycles. The second kappa shape index (κ2) is 5.21. The molecule has 0 aliphatic carbocycles. The first-order valence-electron chi connectivity index (χ1n) is 7.05. The number of carbonyl (C=O) groups excluding carboxylic acids is 1. The van der Waals surface area contributed by atoms with Crippen molar-refractivity contribution in [1.82, 2.24) is 14.8 Å². The zero-order valence-electron chi connectivity index (χ0n) is 13.0. The summed E-state index contributed by atoms with van der Waals surface area (Å²) >= 11 is 1.39. The number of aryl methyl sites for hydroxylation is 1. The summed E-state index contributed by atoms with van der Waals surface area (Å²) in [4.78, 5) is 18.2. The predicted molar refractivity (Wildman–Crippen MR) is 89.5 cm³/mol. The summed E-state index contributed by atoms with van der Waals surface area (Å²) in [6.07, 6.45) is 1.73. The van der Waals surface area contributed by atoms with E-state index < -0.39 is 0 Å². The van der Waals surface area contributed by atoms with E-state index in [0.717, 1.165) is 15.9 Å². The predicted octanol–water partition coefficient (Wildman–Crippen LogP) is 3.58. The number of fused-ring (bicyclic) bond motifs is 1. The number of pyridine rings is 1. The van der Waals surface area contributed by atoms with Crippen LogP contribution in [0.15, 0.2) is 30.5 Å². The second-order valence-corrected chi connectivity index (χ2v) is 7.28. The maximum absolute atomic E-state index is 12.4. The van der Waals surface area contributed by atoms with E-state index in [1.54, 1.807) is 10.9 Å². The van der Waals surface area contributed by atoms with Crippen LogP contribution in [0.4, 0.5) is 5.82 Å². The van der Waals surface area contributed by atoms with Crippen LogP contribution in [-0.2, 0) is 12.5 Å². The van der Waals surface area contributed by atoms with E-state index in [1.165, 1.54) is 11.3 Å². The van der Waals surface area contributed by atoms with Gasteiger partial charge in [-0.3, -0.25) is 9.48 Å². The number of aromatic nitrogens is 3. The Morgan fingerprint density at radius 2 is 2.09 bits per heavy atom. The quantitative estimate of drug-likeness (QED) is 0.786. The largest absolute Gasteiger partial charge is 0.306 e. The third-order valence-corrected chi connectivity index (χ3v) is 4.47. The van der Waals surface area contributed by atoms with Gasteiger partial charge in [0.1, 0.15) is 10.6 Å². The van der Waals surface area contributed by atoms with Crippen LogP contribution in [0, 0.1) is 0 Å². The highest BCUT2D eigenvalue weighted by atomic mass is 32.1. The Morgan fingerprint density at radius 1 is 1.32 bits per heavy atom. The molecule has 0 bridgehead atoms. The minimum Gasteiger partial charge on any atom is -0.306 e. The van der Waals surface area contributed by atoms with Crippen molar-refractivity contribution < 1.29 is 4.79 Å². The highest BCUT2D eigenvalue weighted by Gasteiger charge is 2.20. The zero-order valence-corrected chi connectivity index (χ0v) is 13.9. The van der Waals surface area contributed by atoms with Crippen molar-refractivity contribution in [2.45, 2.75) is 26.2 Å². The number of hydrogen-bond donors (Lipinski definition) is 1. The fraction of sp³-hybridized carbons (Fsp3) is 0.312. The van der Waals surface area contributed by atoms with Crippen molar-refractivity contribution in [3.8, 4) is 0 Å². The fourth-order valence-corrected chi connectivity index (χ4v) is 3.01. The summed E-state index contributed by atoms with van der Waals surface area (Å²) in [7, 11) is 1.83. The van der Waals surface area contributed by atoms with Gasteiger partial charge in [-0.25, -0.2) is 4.98 Å². The number of hydrogen-bond acceptors (Lipinski definition) is 4. The Hall–Kier alpha value is -2.21. The first-order valence-corrected chi connectivity index (χ1v) is 7.87. The summed E-state index contributed by atoms with van der Waals surface area (Å²) in [5, 5.41) is 8.37. The van der Waals surface area contributed by atoms with Gasteiger partial charge < -0.3 is 5.32 Å². The number of carbonyl (C=O) groups is 1. The number of nitrogens with zero attached hydrogens (tertiary/aromatic N) is 3. The second-order valence-electron chi connectivity index (χ2n) is 6.25. The molecule has 0 aromatic carbocycles. The Bertz CT molecular complexity index is 808. The number of amides is 1. The molecule has 0 aliphatic rings. The van der Waals surface area contributed by atoms with Crippen molar-refractivity contribution in [3.05, 3.63) is 41.0 Å². The minimum absolute atomic E-state index is 0.0533.